The molecule has 0 spiro atoms. The fourth-order valence-corrected chi connectivity index (χ4v) is 3.55. The Hall–Kier alpha value is -1.22. The van der Waals surface area contributed by atoms with Crippen molar-refractivity contribution in [2.24, 2.45) is 11.3 Å². The van der Waals surface area contributed by atoms with E-state index in [2.05, 4.69) is 23.7 Å². The molecule has 0 saturated carbocycles. The average molecular weight is 244 g/mol. The molecule has 0 aromatic carbocycles. The van der Waals surface area contributed by atoms with Gasteiger partial charge in [0.2, 0.25) is 0 Å². The zero-order valence-electron chi connectivity index (χ0n) is 11.1. The zero-order valence-corrected chi connectivity index (χ0v) is 11.1. The molecule has 3 saturated heterocycles. The minimum absolute atomic E-state index is 0.0617. The Balaban J connectivity index is 1.81. The highest BCUT2D eigenvalue weighted by atomic mass is 16.1. The first-order valence-electron chi connectivity index (χ1n) is 6.75. The van der Waals surface area contributed by atoms with Crippen LogP contribution < -0.4 is 0 Å². The molecular formula is C15H20N2O. The fourth-order valence-electron chi connectivity index (χ4n) is 3.55. The molecule has 1 aromatic rings. The summed E-state index contributed by atoms with van der Waals surface area (Å²) < 4.78 is 0. The van der Waals surface area contributed by atoms with Crippen LogP contribution in [0.15, 0.2) is 24.4 Å². The number of rotatable bonds is 2. The lowest BCUT2D eigenvalue weighted by molar-refractivity contribution is -0.147. The van der Waals surface area contributed by atoms with E-state index in [4.69, 9.17) is 0 Å². The summed E-state index contributed by atoms with van der Waals surface area (Å²) in [5.41, 5.74) is 1.18. The number of ketones is 1. The Kier molecular flexibility index (Phi) is 2.74. The maximum atomic E-state index is 12.5. The van der Waals surface area contributed by atoms with Crippen molar-refractivity contribution in [1.29, 1.82) is 0 Å². The van der Waals surface area contributed by atoms with Gasteiger partial charge in [0.1, 0.15) is 0 Å². The molecule has 4 rings (SSSR count). The van der Waals surface area contributed by atoms with E-state index in [0.29, 0.717) is 5.78 Å². The maximum Gasteiger partial charge on any atom is 0.154 e. The monoisotopic (exact) mass is 244 g/mol. The van der Waals surface area contributed by atoms with Gasteiger partial charge in [-0.15, -0.1) is 0 Å². The average Bonchev–Trinajstić information content (AvgIpc) is 2.34. The number of Topliss-reactive ketones (excluding diaryl/α,β-unsaturated/α-hetero) is 1. The van der Waals surface area contributed by atoms with Crippen LogP contribution >= 0.6 is 0 Å². The number of aromatic nitrogens is 1. The van der Waals surface area contributed by atoms with Crippen molar-refractivity contribution in [3.63, 3.8) is 0 Å². The molecule has 3 atom stereocenters. The molecular weight excluding hydrogens is 224 g/mol. The zero-order chi connectivity index (χ0) is 12.8. The van der Waals surface area contributed by atoms with E-state index in [-0.39, 0.29) is 17.4 Å². The Morgan fingerprint density at radius 2 is 2.28 bits per heavy atom. The van der Waals surface area contributed by atoms with Crippen molar-refractivity contribution in [3.05, 3.63) is 30.1 Å². The lowest BCUT2D eigenvalue weighted by Crippen LogP contribution is -2.63. The summed E-state index contributed by atoms with van der Waals surface area (Å²) >= 11 is 0. The van der Waals surface area contributed by atoms with Crippen molar-refractivity contribution < 1.29 is 4.79 Å². The van der Waals surface area contributed by atoms with Crippen LogP contribution in [0, 0.1) is 11.3 Å². The van der Waals surface area contributed by atoms with Crippen LogP contribution in [-0.2, 0) is 11.2 Å². The van der Waals surface area contributed by atoms with Crippen LogP contribution in [0.2, 0.25) is 0 Å². The molecule has 0 N–H and O–H groups in total. The first-order chi connectivity index (χ1) is 8.58. The van der Waals surface area contributed by atoms with Gasteiger partial charge < -0.3 is 0 Å². The minimum Gasteiger partial charge on any atom is -0.298 e. The van der Waals surface area contributed by atoms with Crippen molar-refractivity contribution in [2.45, 2.75) is 32.7 Å². The predicted octanol–water partition coefficient (Wildman–Crippen LogP) is 1.92. The van der Waals surface area contributed by atoms with Crippen molar-refractivity contribution >= 4 is 5.78 Å². The van der Waals surface area contributed by atoms with Gasteiger partial charge in [-0.05, 0) is 30.5 Å². The number of carbonyl (C=O) groups excluding carboxylic acids is 1. The highest BCUT2D eigenvalue weighted by molar-refractivity contribution is 5.89. The van der Waals surface area contributed by atoms with E-state index in [9.17, 15) is 4.79 Å². The van der Waals surface area contributed by atoms with Gasteiger partial charge in [-0.1, -0.05) is 19.9 Å². The molecule has 2 bridgehead atoms. The molecule has 0 amide bonds. The Morgan fingerprint density at radius 3 is 2.89 bits per heavy atom. The quantitative estimate of drug-likeness (QED) is 0.797. The van der Waals surface area contributed by atoms with Crippen LogP contribution in [-0.4, -0.2) is 34.8 Å². The molecule has 3 aliphatic heterocycles. The topological polar surface area (TPSA) is 33.2 Å². The van der Waals surface area contributed by atoms with Gasteiger partial charge in [0.25, 0.3) is 0 Å². The van der Waals surface area contributed by atoms with Crippen molar-refractivity contribution in [2.75, 3.05) is 13.1 Å². The van der Waals surface area contributed by atoms with Gasteiger partial charge in [-0.25, -0.2) is 0 Å². The number of piperidine rings is 3. The van der Waals surface area contributed by atoms with E-state index in [1.165, 1.54) is 0 Å². The maximum absolute atomic E-state index is 12.5. The highest BCUT2D eigenvalue weighted by Crippen LogP contribution is 2.42. The number of fused-ring (bicyclic) bond motifs is 3. The van der Waals surface area contributed by atoms with E-state index in [1.807, 2.05) is 18.2 Å². The summed E-state index contributed by atoms with van der Waals surface area (Å²) in [4.78, 5) is 19.2. The predicted molar refractivity (Wildman–Crippen MR) is 70.2 cm³/mol. The van der Waals surface area contributed by atoms with Gasteiger partial charge in [0, 0.05) is 30.8 Å². The number of nitrogens with zero attached hydrogens (tertiary/aromatic N) is 2. The van der Waals surface area contributed by atoms with E-state index in [1.54, 1.807) is 6.20 Å². The lowest BCUT2D eigenvalue weighted by atomic mass is 9.65. The third-order valence-corrected chi connectivity index (χ3v) is 4.50. The standard InChI is InChI=1S/C15H20N2O/c1-15(2)10-17-8-6-12(15)14(18)13(17)9-11-5-3-4-7-16-11/h3-5,7,12-13H,6,8-10H2,1-2H3. The molecule has 0 aliphatic carbocycles. The summed E-state index contributed by atoms with van der Waals surface area (Å²) in [5, 5.41) is 0. The summed E-state index contributed by atoms with van der Waals surface area (Å²) in [6, 6.07) is 5.99. The Labute approximate surface area is 108 Å². The van der Waals surface area contributed by atoms with E-state index >= 15 is 0 Å². The smallest absolute Gasteiger partial charge is 0.154 e. The molecule has 3 unspecified atom stereocenters. The van der Waals surface area contributed by atoms with Gasteiger partial charge in [0.15, 0.2) is 5.78 Å². The molecule has 0 radical (unpaired) electrons. The van der Waals surface area contributed by atoms with Crippen LogP contribution in [0.25, 0.3) is 0 Å². The number of hydrogen-bond donors (Lipinski definition) is 0. The highest BCUT2D eigenvalue weighted by Gasteiger charge is 2.50. The fraction of sp³-hybridized carbons (Fsp3) is 0.600. The first-order valence-corrected chi connectivity index (χ1v) is 6.75. The molecule has 3 heteroatoms. The van der Waals surface area contributed by atoms with Crippen LogP contribution in [0.4, 0.5) is 0 Å². The molecule has 3 aliphatic rings. The second kappa shape index (κ2) is 4.16. The third kappa shape index (κ3) is 1.87. The molecule has 3 nitrogen and oxygen atoms in total. The second-order valence-corrected chi connectivity index (χ2v) is 6.24. The molecule has 1 aromatic heterocycles. The Bertz CT molecular complexity index is 455. The first kappa shape index (κ1) is 11.8. The number of pyridine rings is 1. The van der Waals surface area contributed by atoms with Crippen molar-refractivity contribution in [1.82, 2.24) is 9.88 Å². The second-order valence-electron chi connectivity index (χ2n) is 6.24. The van der Waals surface area contributed by atoms with E-state index < -0.39 is 0 Å². The van der Waals surface area contributed by atoms with Crippen molar-refractivity contribution in [3.8, 4) is 0 Å². The van der Waals surface area contributed by atoms with E-state index in [0.717, 1.165) is 31.6 Å². The van der Waals surface area contributed by atoms with Crippen LogP contribution in [0.5, 0.6) is 0 Å². The van der Waals surface area contributed by atoms with Gasteiger partial charge in [0.05, 0.1) is 6.04 Å². The minimum atomic E-state index is 0.0617. The number of carbonyl (C=O) groups is 1. The van der Waals surface area contributed by atoms with Gasteiger partial charge >= 0.3 is 0 Å². The lowest BCUT2D eigenvalue weighted by Gasteiger charge is -2.52. The third-order valence-electron chi connectivity index (χ3n) is 4.50. The summed E-state index contributed by atoms with van der Waals surface area (Å²) in [7, 11) is 0. The molecule has 96 valence electrons. The summed E-state index contributed by atoms with van der Waals surface area (Å²) in [6.07, 6.45) is 3.61. The normalized spacial score (nSPS) is 33.7. The van der Waals surface area contributed by atoms with Crippen LogP contribution in [0.3, 0.4) is 0 Å². The summed E-state index contributed by atoms with van der Waals surface area (Å²) in [6.45, 7) is 6.55. The van der Waals surface area contributed by atoms with Crippen LogP contribution in [0.1, 0.15) is 26.0 Å². The SMILES string of the molecule is CC1(C)CN2CCC1C(=O)C2Cc1ccccn1. The molecule has 18 heavy (non-hydrogen) atoms. The Morgan fingerprint density at radius 1 is 1.44 bits per heavy atom. The van der Waals surface area contributed by atoms with Gasteiger partial charge in [-0.3, -0.25) is 14.7 Å². The van der Waals surface area contributed by atoms with Gasteiger partial charge in [-0.2, -0.15) is 0 Å². The molecule has 3 fully saturated rings. The molecule has 4 heterocycles. The largest absolute Gasteiger partial charge is 0.298 e. The summed E-state index contributed by atoms with van der Waals surface area (Å²) in [5.74, 6) is 0.680. The number of hydrogen-bond acceptors (Lipinski definition) is 3.